The molecular formula is C19H24Cl2N4O. The number of aromatic nitrogens is 3. The highest BCUT2D eigenvalue weighted by Gasteiger charge is 2.32. The SMILES string of the molecule is CCc1c(-c2ccc(Cl)cc2Cl)nnn1C1CCN(C2CCOCC2)C1. The van der Waals surface area contributed by atoms with Crippen molar-refractivity contribution in [3.63, 3.8) is 0 Å². The largest absolute Gasteiger partial charge is 0.381 e. The van der Waals surface area contributed by atoms with Gasteiger partial charge >= 0.3 is 0 Å². The molecule has 2 aliphatic rings. The molecule has 1 aromatic heterocycles. The Balaban J connectivity index is 1.57. The summed E-state index contributed by atoms with van der Waals surface area (Å²) >= 11 is 12.4. The Morgan fingerprint density at radius 1 is 1.15 bits per heavy atom. The van der Waals surface area contributed by atoms with Crippen LogP contribution in [-0.2, 0) is 11.2 Å². The highest BCUT2D eigenvalue weighted by Crippen LogP contribution is 2.34. The summed E-state index contributed by atoms with van der Waals surface area (Å²) < 4.78 is 7.63. The van der Waals surface area contributed by atoms with E-state index in [2.05, 4.69) is 26.8 Å². The Hall–Kier alpha value is -1.14. The molecule has 0 spiro atoms. The van der Waals surface area contributed by atoms with Crippen LogP contribution in [0.1, 0.15) is 37.9 Å². The molecule has 0 N–H and O–H groups in total. The highest BCUT2D eigenvalue weighted by molar-refractivity contribution is 6.36. The molecule has 140 valence electrons. The van der Waals surface area contributed by atoms with Crippen molar-refractivity contribution in [2.75, 3.05) is 26.3 Å². The van der Waals surface area contributed by atoms with Gasteiger partial charge in [-0.2, -0.15) is 0 Å². The molecule has 0 aliphatic carbocycles. The Morgan fingerprint density at radius 3 is 2.69 bits per heavy atom. The summed E-state index contributed by atoms with van der Waals surface area (Å²) in [5.74, 6) is 0. The standard InChI is InChI=1S/C19H24Cl2N4O/c1-2-18-19(16-4-3-13(20)11-17(16)21)22-23-25(18)15-5-8-24(12-15)14-6-9-26-10-7-14/h3-4,11,14-15H,2,5-10,12H2,1H3. The number of nitrogens with zero attached hydrogens (tertiary/aromatic N) is 4. The molecule has 26 heavy (non-hydrogen) atoms. The fraction of sp³-hybridized carbons (Fsp3) is 0.579. The van der Waals surface area contributed by atoms with Crippen LogP contribution in [0.4, 0.5) is 0 Å². The minimum Gasteiger partial charge on any atom is -0.381 e. The first kappa shape index (κ1) is 18.2. The molecule has 4 rings (SSSR count). The maximum atomic E-state index is 6.41. The molecule has 2 saturated heterocycles. The third kappa shape index (κ3) is 3.50. The van der Waals surface area contributed by atoms with Gasteiger partial charge < -0.3 is 4.74 Å². The van der Waals surface area contributed by atoms with E-state index in [-0.39, 0.29) is 0 Å². The van der Waals surface area contributed by atoms with Crippen LogP contribution in [0.25, 0.3) is 11.3 Å². The number of rotatable bonds is 4. The van der Waals surface area contributed by atoms with Gasteiger partial charge in [-0.25, -0.2) is 4.68 Å². The molecule has 1 aromatic carbocycles. The minimum atomic E-state index is 0.375. The molecule has 2 aromatic rings. The summed E-state index contributed by atoms with van der Waals surface area (Å²) in [7, 11) is 0. The van der Waals surface area contributed by atoms with Gasteiger partial charge in [-0.1, -0.05) is 35.3 Å². The van der Waals surface area contributed by atoms with Crippen LogP contribution < -0.4 is 0 Å². The molecule has 0 bridgehead atoms. The summed E-state index contributed by atoms with van der Waals surface area (Å²) in [6, 6.07) is 6.57. The molecular weight excluding hydrogens is 371 g/mol. The second-order valence-corrected chi connectivity index (χ2v) is 7.93. The summed E-state index contributed by atoms with van der Waals surface area (Å²) in [4.78, 5) is 2.60. The lowest BCUT2D eigenvalue weighted by Gasteiger charge is -2.31. The summed E-state index contributed by atoms with van der Waals surface area (Å²) in [5.41, 5.74) is 2.92. The van der Waals surface area contributed by atoms with E-state index in [4.69, 9.17) is 27.9 Å². The Kier molecular flexibility index (Phi) is 5.50. The smallest absolute Gasteiger partial charge is 0.117 e. The number of hydrogen-bond donors (Lipinski definition) is 0. The van der Waals surface area contributed by atoms with Crippen molar-refractivity contribution in [1.29, 1.82) is 0 Å². The number of benzene rings is 1. The van der Waals surface area contributed by atoms with Gasteiger partial charge in [0.1, 0.15) is 5.69 Å². The summed E-state index contributed by atoms with van der Waals surface area (Å²) in [6.45, 7) is 6.07. The van der Waals surface area contributed by atoms with Crippen LogP contribution in [0.2, 0.25) is 10.0 Å². The van der Waals surface area contributed by atoms with Gasteiger partial charge in [-0.15, -0.1) is 5.10 Å². The first-order chi connectivity index (χ1) is 12.7. The van der Waals surface area contributed by atoms with E-state index in [0.29, 0.717) is 22.1 Å². The average Bonchev–Trinajstić information content (AvgIpc) is 3.29. The van der Waals surface area contributed by atoms with Gasteiger partial charge in [-0.05, 0) is 43.9 Å². The van der Waals surface area contributed by atoms with E-state index in [1.54, 1.807) is 6.07 Å². The van der Waals surface area contributed by atoms with Gasteiger partial charge in [-0.3, -0.25) is 4.90 Å². The van der Waals surface area contributed by atoms with E-state index in [1.807, 2.05) is 12.1 Å². The number of halogens is 2. The minimum absolute atomic E-state index is 0.375. The zero-order valence-corrected chi connectivity index (χ0v) is 16.5. The molecule has 1 atom stereocenters. The van der Waals surface area contributed by atoms with Crippen molar-refractivity contribution in [1.82, 2.24) is 19.9 Å². The lowest BCUT2D eigenvalue weighted by molar-refractivity contribution is 0.0411. The summed E-state index contributed by atoms with van der Waals surface area (Å²) in [6.07, 6.45) is 4.25. The first-order valence-electron chi connectivity index (χ1n) is 9.38. The number of hydrogen-bond acceptors (Lipinski definition) is 4. The van der Waals surface area contributed by atoms with E-state index in [9.17, 15) is 0 Å². The van der Waals surface area contributed by atoms with E-state index < -0.39 is 0 Å². The molecule has 5 nitrogen and oxygen atoms in total. The Labute approximate surface area is 164 Å². The third-order valence-electron chi connectivity index (χ3n) is 5.56. The second kappa shape index (κ2) is 7.85. The van der Waals surface area contributed by atoms with Gasteiger partial charge in [0.2, 0.25) is 0 Å². The monoisotopic (exact) mass is 394 g/mol. The van der Waals surface area contributed by atoms with Gasteiger partial charge in [0, 0.05) is 42.9 Å². The molecule has 0 saturated carbocycles. The highest BCUT2D eigenvalue weighted by atomic mass is 35.5. The van der Waals surface area contributed by atoms with Crippen LogP contribution in [0.3, 0.4) is 0 Å². The van der Waals surface area contributed by atoms with E-state index in [1.165, 1.54) is 0 Å². The molecule has 2 fully saturated rings. The van der Waals surface area contributed by atoms with Crippen molar-refractivity contribution in [2.24, 2.45) is 0 Å². The van der Waals surface area contributed by atoms with Crippen LogP contribution in [0.15, 0.2) is 18.2 Å². The zero-order valence-electron chi connectivity index (χ0n) is 15.0. The van der Waals surface area contributed by atoms with E-state index in [0.717, 1.165) is 68.9 Å². The second-order valence-electron chi connectivity index (χ2n) is 7.09. The fourth-order valence-electron chi connectivity index (χ4n) is 4.18. The van der Waals surface area contributed by atoms with Crippen molar-refractivity contribution < 1.29 is 4.74 Å². The van der Waals surface area contributed by atoms with Crippen molar-refractivity contribution >= 4 is 23.2 Å². The average molecular weight is 395 g/mol. The Bertz CT molecular complexity index is 773. The lowest BCUT2D eigenvalue weighted by atomic mass is 10.1. The molecule has 0 amide bonds. The van der Waals surface area contributed by atoms with Crippen molar-refractivity contribution in [3.05, 3.63) is 33.9 Å². The quantitative estimate of drug-likeness (QED) is 0.777. The maximum Gasteiger partial charge on any atom is 0.117 e. The first-order valence-corrected chi connectivity index (χ1v) is 10.1. The van der Waals surface area contributed by atoms with Crippen molar-refractivity contribution in [2.45, 2.75) is 44.7 Å². The van der Waals surface area contributed by atoms with Gasteiger partial charge in [0.05, 0.1) is 16.8 Å². The molecule has 7 heteroatoms. The normalized spacial score (nSPS) is 22.2. The number of likely N-dealkylation sites (tertiary alicyclic amines) is 1. The fourth-order valence-corrected chi connectivity index (χ4v) is 4.67. The van der Waals surface area contributed by atoms with Crippen LogP contribution in [0, 0.1) is 0 Å². The number of ether oxygens (including phenoxy) is 1. The molecule has 3 heterocycles. The predicted octanol–water partition coefficient (Wildman–Crippen LogP) is 4.24. The third-order valence-corrected chi connectivity index (χ3v) is 6.11. The topological polar surface area (TPSA) is 43.2 Å². The predicted molar refractivity (Wildman–Crippen MR) is 104 cm³/mol. The van der Waals surface area contributed by atoms with Gasteiger partial charge in [0.15, 0.2) is 0 Å². The van der Waals surface area contributed by atoms with Crippen molar-refractivity contribution in [3.8, 4) is 11.3 Å². The molecule has 1 unspecified atom stereocenters. The Morgan fingerprint density at radius 2 is 1.96 bits per heavy atom. The van der Waals surface area contributed by atoms with E-state index >= 15 is 0 Å². The lowest BCUT2D eigenvalue weighted by Crippen LogP contribution is -2.38. The van der Waals surface area contributed by atoms with Gasteiger partial charge in [0.25, 0.3) is 0 Å². The van der Waals surface area contributed by atoms with Crippen LogP contribution in [-0.4, -0.2) is 52.2 Å². The molecule has 2 aliphatic heterocycles. The zero-order chi connectivity index (χ0) is 18.1. The molecule has 0 radical (unpaired) electrons. The maximum absolute atomic E-state index is 6.41. The van der Waals surface area contributed by atoms with Crippen LogP contribution in [0.5, 0.6) is 0 Å². The van der Waals surface area contributed by atoms with Crippen LogP contribution >= 0.6 is 23.2 Å². The summed E-state index contributed by atoms with van der Waals surface area (Å²) in [5, 5.41) is 10.2.